The first-order chi connectivity index (χ1) is 14.0. The molecule has 8 heteroatoms. The molecule has 1 aromatic carbocycles. The predicted octanol–water partition coefficient (Wildman–Crippen LogP) is 5.01. The number of anilines is 1. The van der Waals surface area contributed by atoms with Crippen LogP contribution in [0.15, 0.2) is 59.7 Å². The van der Waals surface area contributed by atoms with Gasteiger partial charge in [-0.3, -0.25) is 14.6 Å². The molecule has 3 rings (SSSR count). The summed E-state index contributed by atoms with van der Waals surface area (Å²) in [4.78, 5) is 31.3. The van der Waals surface area contributed by atoms with Gasteiger partial charge in [0.1, 0.15) is 5.56 Å². The molecular formula is C22H20F3N3O2. The van der Waals surface area contributed by atoms with E-state index < -0.39 is 34.5 Å². The number of hydrogen-bond donors (Lipinski definition) is 2. The molecule has 156 valence electrons. The number of nitrogens with zero attached hydrogens (tertiary/aromatic N) is 1. The summed E-state index contributed by atoms with van der Waals surface area (Å²) < 4.78 is 40.3. The van der Waals surface area contributed by atoms with Crippen LogP contribution in [0.2, 0.25) is 0 Å². The van der Waals surface area contributed by atoms with Crippen molar-refractivity contribution >= 4 is 11.6 Å². The van der Waals surface area contributed by atoms with Crippen molar-refractivity contribution in [3.05, 3.63) is 81.9 Å². The lowest BCUT2D eigenvalue weighted by molar-refractivity contribution is -0.137. The van der Waals surface area contributed by atoms with E-state index in [-0.39, 0.29) is 11.0 Å². The predicted molar refractivity (Wildman–Crippen MR) is 108 cm³/mol. The lowest BCUT2D eigenvalue weighted by Crippen LogP contribution is -2.25. The third-order valence-corrected chi connectivity index (χ3v) is 4.56. The van der Waals surface area contributed by atoms with Crippen molar-refractivity contribution in [2.24, 2.45) is 0 Å². The van der Waals surface area contributed by atoms with Crippen LogP contribution in [0.1, 0.15) is 42.3 Å². The molecular weight excluding hydrogens is 395 g/mol. The molecule has 5 nitrogen and oxygen atoms in total. The van der Waals surface area contributed by atoms with Crippen molar-refractivity contribution in [3.63, 3.8) is 0 Å². The molecule has 30 heavy (non-hydrogen) atoms. The lowest BCUT2D eigenvalue weighted by Gasteiger charge is -2.19. The first kappa shape index (κ1) is 21.3. The summed E-state index contributed by atoms with van der Waals surface area (Å²) in [6.07, 6.45) is -2.33. The van der Waals surface area contributed by atoms with Gasteiger partial charge in [-0.05, 0) is 41.3 Å². The molecule has 0 saturated heterocycles. The minimum Gasteiger partial charge on any atom is -0.328 e. The number of benzene rings is 1. The van der Waals surface area contributed by atoms with E-state index in [0.717, 1.165) is 17.7 Å². The second-order valence-corrected chi connectivity index (χ2v) is 7.77. The average Bonchev–Trinajstić information content (AvgIpc) is 2.66. The van der Waals surface area contributed by atoms with Crippen LogP contribution >= 0.6 is 0 Å². The number of rotatable bonds is 3. The number of carbonyl (C=O) groups excluding carboxylic acids is 1. The molecule has 2 N–H and O–H groups in total. The SMILES string of the molecule is CC(C)(C)c1ccc(NC(=O)c2c(-c3ncccc3C(F)(F)F)cc[nH]c2=O)cc1. The molecule has 2 aromatic heterocycles. The molecule has 2 heterocycles. The molecule has 0 fully saturated rings. The standard InChI is InChI=1S/C22H20F3N3O2/c1-21(2,3)13-6-8-14(9-7-13)28-20(30)17-15(10-12-27-19(17)29)18-16(22(23,24)25)5-4-11-26-18/h4-12H,1-3H3,(H,27,29)(H,28,30). The topological polar surface area (TPSA) is 74.8 Å². The van der Waals surface area contributed by atoms with Crippen LogP contribution in [0.4, 0.5) is 18.9 Å². The van der Waals surface area contributed by atoms with Gasteiger partial charge in [0.15, 0.2) is 0 Å². The molecule has 0 bridgehead atoms. The maximum absolute atomic E-state index is 13.4. The molecule has 0 atom stereocenters. The monoisotopic (exact) mass is 415 g/mol. The van der Waals surface area contributed by atoms with Crippen LogP contribution in [0.3, 0.4) is 0 Å². The molecule has 0 radical (unpaired) electrons. The highest BCUT2D eigenvalue weighted by Gasteiger charge is 2.35. The van der Waals surface area contributed by atoms with Gasteiger partial charge in [-0.25, -0.2) is 0 Å². The van der Waals surface area contributed by atoms with E-state index in [1.54, 1.807) is 12.1 Å². The molecule has 1 amide bonds. The first-order valence-corrected chi connectivity index (χ1v) is 9.14. The molecule has 0 spiro atoms. The minimum atomic E-state index is -4.69. The van der Waals surface area contributed by atoms with Crippen molar-refractivity contribution in [3.8, 4) is 11.3 Å². The van der Waals surface area contributed by atoms with Gasteiger partial charge in [0.25, 0.3) is 11.5 Å². The number of H-pyrrole nitrogens is 1. The largest absolute Gasteiger partial charge is 0.418 e. The Kier molecular flexibility index (Phi) is 5.52. The Hall–Kier alpha value is -3.42. The molecule has 0 unspecified atom stereocenters. The van der Waals surface area contributed by atoms with E-state index in [1.165, 1.54) is 18.5 Å². The summed E-state index contributed by atoms with van der Waals surface area (Å²) in [6, 6.07) is 10.3. The van der Waals surface area contributed by atoms with E-state index >= 15 is 0 Å². The maximum atomic E-state index is 13.4. The van der Waals surface area contributed by atoms with Gasteiger partial charge < -0.3 is 10.3 Å². The van der Waals surface area contributed by atoms with Crippen LogP contribution in [-0.2, 0) is 11.6 Å². The average molecular weight is 415 g/mol. The Morgan fingerprint density at radius 2 is 1.70 bits per heavy atom. The quantitative estimate of drug-likeness (QED) is 0.632. The van der Waals surface area contributed by atoms with Crippen molar-refractivity contribution < 1.29 is 18.0 Å². The third-order valence-electron chi connectivity index (χ3n) is 4.56. The number of nitrogens with one attached hydrogen (secondary N) is 2. The Balaban J connectivity index is 2.03. The number of aromatic amines is 1. The van der Waals surface area contributed by atoms with Gasteiger partial charge in [-0.1, -0.05) is 32.9 Å². The van der Waals surface area contributed by atoms with E-state index in [0.29, 0.717) is 5.69 Å². The molecule has 0 aliphatic rings. The van der Waals surface area contributed by atoms with Crippen molar-refractivity contribution in [2.45, 2.75) is 32.4 Å². The minimum absolute atomic E-state index is 0.0841. The summed E-state index contributed by atoms with van der Waals surface area (Å²) in [5, 5.41) is 2.58. The number of amides is 1. The number of pyridine rings is 2. The van der Waals surface area contributed by atoms with Crippen LogP contribution in [-0.4, -0.2) is 15.9 Å². The van der Waals surface area contributed by atoms with Gasteiger partial charge in [-0.2, -0.15) is 13.2 Å². The highest BCUT2D eigenvalue weighted by molar-refractivity contribution is 6.08. The van der Waals surface area contributed by atoms with Crippen LogP contribution in [0, 0.1) is 0 Å². The number of carbonyl (C=O) groups is 1. The van der Waals surface area contributed by atoms with Crippen LogP contribution < -0.4 is 10.9 Å². The van der Waals surface area contributed by atoms with E-state index in [4.69, 9.17) is 0 Å². The van der Waals surface area contributed by atoms with Crippen LogP contribution in [0.5, 0.6) is 0 Å². The van der Waals surface area contributed by atoms with Crippen LogP contribution in [0.25, 0.3) is 11.3 Å². The maximum Gasteiger partial charge on any atom is 0.418 e. The smallest absolute Gasteiger partial charge is 0.328 e. The Morgan fingerprint density at radius 3 is 2.30 bits per heavy atom. The van der Waals surface area contributed by atoms with Gasteiger partial charge >= 0.3 is 6.18 Å². The number of aromatic nitrogens is 2. The second-order valence-electron chi connectivity index (χ2n) is 7.77. The molecule has 0 saturated carbocycles. The van der Waals surface area contributed by atoms with Crippen molar-refractivity contribution in [1.82, 2.24) is 9.97 Å². The molecule has 3 aromatic rings. The second kappa shape index (κ2) is 7.78. The Morgan fingerprint density at radius 1 is 1.03 bits per heavy atom. The normalized spacial score (nSPS) is 11.9. The summed E-state index contributed by atoms with van der Waals surface area (Å²) in [7, 11) is 0. The lowest BCUT2D eigenvalue weighted by atomic mass is 9.87. The number of hydrogen-bond acceptors (Lipinski definition) is 3. The fourth-order valence-corrected chi connectivity index (χ4v) is 3.00. The molecule has 0 aliphatic heterocycles. The zero-order valence-corrected chi connectivity index (χ0v) is 16.6. The summed E-state index contributed by atoms with van der Waals surface area (Å²) >= 11 is 0. The van der Waals surface area contributed by atoms with Crippen molar-refractivity contribution in [2.75, 3.05) is 5.32 Å². The zero-order chi connectivity index (χ0) is 22.1. The highest BCUT2D eigenvalue weighted by atomic mass is 19.4. The van der Waals surface area contributed by atoms with Gasteiger partial charge in [0.05, 0.1) is 11.3 Å². The fourth-order valence-electron chi connectivity index (χ4n) is 3.00. The Labute approximate surface area is 171 Å². The summed E-state index contributed by atoms with van der Waals surface area (Å²) in [5.41, 5.74) is -1.59. The highest BCUT2D eigenvalue weighted by Crippen LogP contribution is 2.36. The van der Waals surface area contributed by atoms with E-state index in [1.807, 2.05) is 32.9 Å². The third kappa shape index (κ3) is 4.42. The number of alkyl halides is 3. The molecule has 0 aliphatic carbocycles. The Bertz CT molecular complexity index is 1130. The first-order valence-electron chi connectivity index (χ1n) is 9.14. The van der Waals surface area contributed by atoms with Gasteiger partial charge in [0, 0.05) is 23.6 Å². The zero-order valence-electron chi connectivity index (χ0n) is 16.6. The van der Waals surface area contributed by atoms with E-state index in [2.05, 4.69) is 15.3 Å². The van der Waals surface area contributed by atoms with Crippen molar-refractivity contribution in [1.29, 1.82) is 0 Å². The van der Waals surface area contributed by atoms with Gasteiger partial charge in [-0.15, -0.1) is 0 Å². The fraction of sp³-hybridized carbons (Fsp3) is 0.227. The van der Waals surface area contributed by atoms with E-state index in [9.17, 15) is 22.8 Å². The number of halogens is 3. The summed E-state index contributed by atoms with van der Waals surface area (Å²) in [5.74, 6) is -0.825. The summed E-state index contributed by atoms with van der Waals surface area (Å²) in [6.45, 7) is 6.13. The van der Waals surface area contributed by atoms with Gasteiger partial charge in [0.2, 0.25) is 0 Å².